The lowest BCUT2D eigenvalue weighted by Crippen LogP contribution is -2.37. The molecule has 2 N–H and O–H groups in total. The molecule has 0 radical (unpaired) electrons. The Kier molecular flexibility index (Phi) is 6.98. The molecule has 1 aliphatic heterocycles. The van der Waals surface area contributed by atoms with E-state index in [4.69, 9.17) is 0 Å². The van der Waals surface area contributed by atoms with Gasteiger partial charge in [0.15, 0.2) is 0 Å². The summed E-state index contributed by atoms with van der Waals surface area (Å²) in [6, 6.07) is 6.88. The zero-order valence-electron chi connectivity index (χ0n) is 15.0. The molecule has 1 aromatic carbocycles. The van der Waals surface area contributed by atoms with E-state index in [9.17, 15) is 14.4 Å². The van der Waals surface area contributed by atoms with Crippen LogP contribution >= 0.6 is 0 Å². The molecule has 0 spiro atoms. The van der Waals surface area contributed by atoms with Gasteiger partial charge in [-0.25, -0.2) is 0 Å². The second kappa shape index (κ2) is 9.20. The Morgan fingerprint density at radius 3 is 2.76 bits per heavy atom. The van der Waals surface area contributed by atoms with Gasteiger partial charge < -0.3 is 15.5 Å². The summed E-state index contributed by atoms with van der Waals surface area (Å²) in [7, 11) is 0. The number of hydrogen-bond acceptors (Lipinski definition) is 3. The summed E-state index contributed by atoms with van der Waals surface area (Å²) in [6.45, 7) is 5.85. The van der Waals surface area contributed by atoms with Crippen LogP contribution in [0.25, 0.3) is 0 Å². The Bertz CT molecular complexity index is 628. The third-order valence-corrected chi connectivity index (χ3v) is 4.11. The topological polar surface area (TPSA) is 78.5 Å². The summed E-state index contributed by atoms with van der Waals surface area (Å²) >= 11 is 0. The summed E-state index contributed by atoms with van der Waals surface area (Å²) in [5.74, 6) is 0.203. The van der Waals surface area contributed by atoms with Gasteiger partial charge in [-0.2, -0.15) is 0 Å². The normalized spacial score (nSPS) is 14.5. The Morgan fingerprint density at radius 1 is 1.24 bits per heavy atom. The van der Waals surface area contributed by atoms with E-state index in [1.165, 1.54) is 0 Å². The van der Waals surface area contributed by atoms with E-state index in [2.05, 4.69) is 10.6 Å². The van der Waals surface area contributed by atoms with Crippen LogP contribution in [0.5, 0.6) is 0 Å². The molecular weight excluding hydrogens is 318 g/mol. The van der Waals surface area contributed by atoms with Crippen molar-refractivity contribution in [3.8, 4) is 0 Å². The first kappa shape index (κ1) is 19.0. The van der Waals surface area contributed by atoms with E-state index >= 15 is 0 Å². The Hall–Kier alpha value is -2.37. The quantitative estimate of drug-likeness (QED) is 0.796. The van der Waals surface area contributed by atoms with Crippen LogP contribution in [-0.4, -0.2) is 42.3 Å². The maximum Gasteiger partial charge on any atom is 0.251 e. The lowest BCUT2D eigenvalue weighted by Gasteiger charge is -2.26. The van der Waals surface area contributed by atoms with Crippen LogP contribution in [-0.2, 0) is 9.59 Å². The number of carbonyl (C=O) groups excluding carboxylic acids is 3. The number of likely N-dealkylation sites (tertiary alicyclic amines) is 1. The Balaban J connectivity index is 1.85. The molecule has 6 nitrogen and oxygen atoms in total. The molecule has 2 rings (SSSR count). The Morgan fingerprint density at radius 2 is 2.04 bits per heavy atom. The minimum Gasteiger partial charge on any atom is -0.352 e. The molecule has 25 heavy (non-hydrogen) atoms. The van der Waals surface area contributed by atoms with Gasteiger partial charge in [-0.15, -0.1) is 0 Å². The maximum absolute atomic E-state index is 12.1. The average molecular weight is 345 g/mol. The van der Waals surface area contributed by atoms with Gasteiger partial charge in [-0.3, -0.25) is 14.4 Å². The second-order valence-electron chi connectivity index (χ2n) is 6.82. The number of nitrogens with one attached hydrogen (secondary N) is 2. The van der Waals surface area contributed by atoms with Crippen LogP contribution in [0, 0.1) is 5.92 Å². The number of hydrogen-bond donors (Lipinski definition) is 2. The predicted octanol–water partition coefficient (Wildman–Crippen LogP) is 2.41. The molecule has 3 amide bonds. The van der Waals surface area contributed by atoms with Crippen molar-refractivity contribution in [1.29, 1.82) is 0 Å². The molecule has 0 bridgehead atoms. The van der Waals surface area contributed by atoms with E-state index in [-0.39, 0.29) is 24.1 Å². The van der Waals surface area contributed by atoms with Crippen molar-refractivity contribution < 1.29 is 14.4 Å². The predicted molar refractivity (Wildman–Crippen MR) is 97.3 cm³/mol. The number of nitrogens with zero attached hydrogens (tertiary/aromatic N) is 1. The molecule has 0 atom stereocenters. The van der Waals surface area contributed by atoms with Gasteiger partial charge in [0.25, 0.3) is 5.91 Å². The highest BCUT2D eigenvalue weighted by Gasteiger charge is 2.18. The van der Waals surface area contributed by atoms with Crippen LogP contribution in [0.15, 0.2) is 24.3 Å². The molecule has 1 fully saturated rings. The Labute approximate surface area is 149 Å². The van der Waals surface area contributed by atoms with Gasteiger partial charge in [0, 0.05) is 43.7 Å². The maximum atomic E-state index is 12.1. The number of anilines is 1. The van der Waals surface area contributed by atoms with Gasteiger partial charge in [0.2, 0.25) is 11.8 Å². The molecule has 1 saturated heterocycles. The number of benzene rings is 1. The first-order valence-electron chi connectivity index (χ1n) is 8.91. The lowest BCUT2D eigenvalue weighted by molar-refractivity contribution is -0.133. The first-order chi connectivity index (χ1) is 12.0. The zero-order chi connectivity index (χ0) is 18.2. The highest BCUT2D eigenvalue weighted by molar-refractivity contribution is 5.97. The number of carbonyl (C=O) groups is 3. The summed E-state index contributed by atoms with van der Waals surface area (Å²) in [4.78, 5) is 37.7. The molecule has 1 aromatic rings. The van der Waals surface area contributed by atoms with E-state index in [1.807, 2.05) is 13.8 Å². The minimum absolute atomic E-state index is 0.128. The molecule has 1 aliphatic rings. The smallest absolute Gasteiger partial charge is 0.251 e. The fourth-order valence-electron chi connectivity index (χ4n) is 2.70. The van der Waals surface area contributed by atoms with Crippen molar-refractivity contribution in [2.24, 2.45) is 5.92 Å². The highest BCUT2D eigenvalue weighted by Crippen LogP contribution is 2.13. The monoisotopic (exact) mass is 345 g/mol. The molecule has 0 aromatic heterocycles. The van der Waals surface area contributed by atoms with Crippen LogP contribution in [0.1, 0.15) is 49.9 Å². The van der Waals surface area contributed by atoms with E-state index < -0.39 is 0 Å². The number of rotatable bonds is 7. The minimum atomic E-state index is -0.155. The molecule has 6 heteroatoms. The third-order valence-electron chi connectivity index (χ3n) is 4.11. The fraction of sp³-hybridized carbons (Fsp3) is 0.526. The average Bonchev–Trinajstić information content (AvgIpc) is 2.59. The number of amides is 3. The molecular formula is C19H27N3O3. The second-order valence-corrected chi connectivity index (χ2v) is 6.82. The van der Waals surface area contributed by atoms with E-state index in [0.29, 0.717) is 36.7 Å². The van der Waals surface area contributed by atoms with E-state index in [1.54, 1.807) is 29.2 Å². The van der Waals surface area contributed by atoms with Crippen molar-refractivity contribution in [2.45, 2.75) is 39.5 Å². The van der Waals surface area contributed by atoms with Crippen LogP contribution < -0.4 is 10.6 Å². The summed E-state index contributed by atoms with van der Waals surface area (Å²) in [5.41, 5.74) is 1.11. The van der Waals surface area contributed by atoms with Gasteiger partial charge in [-0.1, -0.05) is 19.9 Å². The van der Waals surface area contributed by atoms with Crippen molar-refractivity contribution >= 4 is 23.4 Å². The lowest BCUT2D eigenvalue weighted by atomic mass is 10.1. The van der Waals surface area contributed by atoms with Crippen molar-refractivity contribution in [3.63, 3.8) is 0 Å². The fourth-order valence-corrected chi connectivity index (χ4v) is 2.70. The summed E-state index contributed by atoms with van der Waals surface area (Å²) in [6.07, 6.45) is 2.78. The first-order valence-corrected chi connectivity index (χ1v) is 8.91. The van der Waals surface area contributed by atoms with Gasteiger partial charge in [0.1, 0.15) is 0 Å². The van der Waals surface area contributed by atoms with Crippen molar-refractivity contribution in [2.75, 3.05) is 25.0 Å². The van der Waals surface area contributed by atoms with Crippen LogP contribution in [0.4, 0.5) is 5.69 Å². The molecule has 0 aliphatic carbocycles. The summed E-state index contributed by atoms with van der Waals surface area (Å²) < 4.78 is 0. The molecule has 0 unspecified atom stereocenters. The van der Waals surface area contributed by atoms with Crippen LogP contribution in [0.3, 0.4) is 0 Å². The van der Waals surface area contributed by atoms with Crippen molar-refractivity contribution in [1.82, 2.24) is 10.2 Å². The SMILES string of the molecule is CC(C)CNC(=O)c1cccc(NC(=O)CCN2CCCCC2=O)c1. The van der Waals surface area contributed by atoms with Gasteiger partial charge in [-0.05, 0) is 37.0 Å². The molecule has 1 heterocycles. The molecule has 136 valence electrons. The highest BCUT2D eigenvalue weighted by atomic mass is 16.2. The van der Waals surface area contributed by atoms with E-state index in [0.717, 1.165) is 19.4 Å². The standard InChI is InChI=1S/C19H27N3O3/c1-14(2)13-20-19(25)15-6-5-7-16(12-15)21-17(23)9-11-22-10-4-3-8-18(22)24/h5-7,12,14H,3-4,8-11,13H2,1-2H3,(H,20,25)(H,21,23). The molecule has 0 saturated carbocycles. The summed E-state index contributed by atoms with van der Waals surface area (Å²) in [5, 5.41) is 5.66. The zero-order valence-corrected chi connectivity index (χ0v) is 15.0. The largest absolute Gasteiger partial charge is 0.352 e. The number of piperidine rings is 1. The van der Waals surface area contributed by atoms with Crippen LogP contribution in [0.2, 0.25) is 0 Å². The van der Waals surface area contributed by atoms with Gasteiger partial charge in [0.05, 0.1) is 0 Å². The third kappa shape index (κ3) is 6.21. The van der Waals surface area contributed by atoms with Crippen molar-refractivity contribution in [3.05, 3.63) is 29.8 Å². The van der Waals surface area contributed by atoms with Gasteiger partial charge >= 0.3 is 0 Å².